The predicted octanol–water partition coefficient (Wildman–Crippen LogP) is 4.65. The highest BCUT2D eigenvalue weighted by Gasteiger charge is 2.33. The largest absolute Gasteiger partial charge is 0.497 e. The molecule has 176 valence electrons. The minimum absolute atomic E-state index is 0.108. The third-order valence-corrected chi connectivity index (χ3v) is 5.34. The van der Waals surface area contributed by atoms with Crippen LogP contribution in [0.1, 0.15) is 27.7 Å². The van der Waals surface area contributed by atoms with Crippen LogP contribution < -0.4 is 10.1 Å². The molecule has 8 heteroatoms. The molecule has 1 aromatic heterocycles. The van der Waals surface area contributed by atoms with Crippen LogP contribution in [0.15, 0.2) is 97.5 Å². The van der Waals surface area contributed by atoms with Crippen LogP contribution in [-0.4, -0.2) is 33.8 Å². The summed E-state index contributed by atoms with van der Waals surface area (Å²) in [6.45, 7) is 0.121. The summed E-state index contributed by atoms with van der Waals surface area (Å²) in [5, 5.41) is 2.80. The molecular formula is C27H23FN4O3. The molecule has 4 rings (SSSR count). The van der Waals surface area contributed by atoms with Crippen LogP contribution in [0.25, 0.3) is 0 Å². The average molecular weight is 471 g/mol. The van der Waals surface area contributed by atoms with Crippen molar-refractivity contribution in [3.8, 4) is 5.75 Å². The van der Waals surface area contributed by atoms with Gasteiger partial charge < -0.3 is 15.0 Å². The fraction of sp³-hybridized carbons (Fsp3) is 0.111. The van der Waals surface area contributed by atoms with Crippen molar-refractivity contribution in [2.45, 2.75) is 12.6 Å². The number of hydrogen-bond acceptors (Lipinski definition) is 5. The van der Waals surface area contributed by atoms with E-state index in [4.69, 9.17) is 4.74 Å². The number of benzene rings is 3. The molecule has 3 aromatic carbocycles. The minimum Gasteiger partial charge on any atom is -0.497 e. The first kappa shape index (κ1) is 23.6. The van der Waals surface area contributed by atoms with Gasteiger partial charge in [-0.2, -0.15) is 0 Å². The molecule has 1 heterocycles. The Morgan fingerprint density at radius 3 is 2.31 bits per heavy atom. The summed E-state index contributed by atoms with van der Waals surface area (Å²) in [5.41, 5.74) is 1.92. The van der Waals surface area contributed by atoms with Gasteiger partial charge in [0.05, 0.1) is 13.3 Å². The van der Waals surface area contributed by atoms with Crippen molar-refractivity contribution in [1.29, 1.82) is 0 Å². The predicted molar refractivity (Wildman–Crippen MR) is 129 cm³/mol. The molecule has 35 heavy (non-hydrogen) atoms. The summed E-state index contributed by atoms with van der Waals surface area (Å²) in [6.07, 6.45) is 4.26. The molecule has 0 radical (unpaired) electrons. The van der Waals surface area contributed by atoms with Gasteiger partial charge in [0, 0.05) is 24.6 Å². The zero-order chi connectivity index (χ0) is 24.6. The Labute approximate surface area is 202 Å². The first-order chi connectivity index (χ1) is 17.0. The van der Waals surface area contributed by atoms with Crippen LogP contribution in [0.3, 0.4) is 0 Å². The lowest BCUT2D eigenvalue weighted by atomic mass is 10.0. The second kappa shape index (κ2) is 11.0. The molecule has 0 aliphatic carbocycles. The molecule has 0 spiro atoms. The lowest BCUT2D eigenvalue weighted by molar-refractivity contribution is -0.121. The molecule has 2 amide bonds. The van der Waals surface area contributed by atoms with E-state index in [-0.39, 0.29) is 12.2 Å². The Hall–Kier alpha value is -4.59. The van der Waals surface area contributed by atoms with Crippen LogP contribution >= 0.6 is 0 Å². The number of rotatable bonds is 8. The molecule has 7 nitrogen and oxygen atoms in total. The molecule has 0 aliphatic rings. The molecule has 0 saturated carbocycles. The normalized spacial score (nSPS) is 11.4. The number of anilines is 1. The van der Waals surface area contributed by atoms with E-state index in [1.54, 1.807) is 43.5 Å². The Morgan fingerprint density at radius 1 is 0.971 bits per heavy atom. The number of carbonyl (C=O) groups excluding carboxylic acids is 2. The smallest absolute Gasteiger partial charge is 0.275 e. The maximum absolute atomic E-state index is 13.7. The van der Waals surface area contributed by atoms with Crippen molar-refractivity contribution in [2.24, 2.45) is 0 Å². The number of amides is 2. The first-order valence-electron chi connectivity index (χ1n) is 10.9. The first-order valence-corrected chi connectivity index (χ1v) is 10.9. The number of ether oxygens (including phenoxy) is 1. The third-order valence-electron chi connectivity index (χ3n) is 5.34. The van der Waals surface area contributed by atoms with Gasteiger partial charge in [-0.3, -0.25) is 14.6 Å². The number of hydrogen-bond donors (Lipinski definition) is 1. The summed E-state index contributed by atoms with van der Waals surface area (Å²) in [4.78, 5) is 36.9. The van der Waals surface area contributed by atoms with Crippen molar-refractivity contribution in [2.75, 3.05) is 12.4 Å². The molecule has 0 unspecified atom stereocenters. The average Bonchev–Trinajstić information content (AvgIpc) is 2.91. The van der Waals surface area contributed by atoms with Crippen molar-refractivity contribution >= 4 is 17.5 Å². The van der Waals surface area contributed by atoms with Crippen molar-refractivity contribution in [3.05, 3.63) is 120 Å². The van der Waals surface area contributed by atoms with E-state index >= 15 is 0 Å². The molecule has 0 bridgehead atoms. The Kier molecular flexibility index (Phi) is 7.42. The molecule has 0 fully saturated rings. The summed E-state index contributed by atoms with van der Waals surface area (Å²) < 4.78 is 18.6. The zero-order valence-electron chi connectivity index (χ0n) is 19.0. The number of carbonyl (C=O) groups is 2. The quantitative estimate of drug-likeness (QED) is 0.405. The lowest BCUT2D eigenvalue weighted by Crippen LogP contribution is -2.41. The Balaban J connectivity index is 1.75. The van der Waals surface area contributed by atoms with Gasteiger partial charge in [-0.1, -0.05) is 42.5 Å². The van der Waals surface area contributed by atoms with Gasteiger partial charge in [0.25, 0.3) is 11.8 Å². The van der Waals surface area contributed by atoms with Crippen LogP contribution in [0.2, 0.25) is 0 Å². The van der Waals surface area contributed by atoms with Crippen LogP contribution in [0.5, 0.6) is 5.75 Å². The van der Waals surface area contributed by atoms with Crippen molar-refractivity contribution in [1.82, 2.24) is 14.9 Å². The van der Waals surface area contributed by atoms with E-state index in [1.165, 1.54) is 47.8 Å². The van der Waals surface area contributed by atoms with Crippen LogP contribution in [0.4, 0.5) is 10.1 Å². The van der Waals surface area contributed by atoms with E-state index in [0.29, 0.717) is 17.0 Å². The lowest BCUT2D eigenvalue weighted by Gasteiger charge is -2.31. The molecule has 0 saturated heterocycles. The number of methoxy groups -OCH3 is 1. The van der Waals surface area contributed by atoms with Crippen LogP contribution in [0, 0.1) is 5.82 Å². The maximum atomic E-state index is 13.7. The van der Waals surface area contributed by atoms with E-state index in [0.717, 1.165) is 5.56 Å². The number of nitrogens with one attached hydrogen (secondary N) is 1. The fourth-order valence-corrected chi connectivity index (χ4v) is 3.62. The maximum Gasteiger partial charge on any atom is 0.275 e. The second-order valence-corrected chi connectivity index (χ2v) is 7.68. The third kappa shape index (κ3) is 5.86. The van der Waals surface area contributed by atoms with Gasteiger partial charge in [0.2, 0.25) is 0 Å². The minimum atomic E-state index is -1.00. The van der Waals surface area contributed by atoms with Crippen molar-refractivity contribution < 1.29 is 18.7 Å². The molecular weight excluding hydrogens is 447 g/mol. The molecule has 0 aliphatic heterocycles. The van der Waals surface area contributed by atoms with E-state index in [1.807, 2.05) is 18.2 Å². The molecule has 4 aromatic rings. The zero-order valence-corrected chi connectivity index (χ0v) is 19.0. The summed E-state index contributed by atoms with van der Waals surface area (Å²) in [6, 6.07) is 20.7. The van der Waals surface area contributed by atoms with Gasteiger partial charge in [0.15, 0.2) is 0 Å². The molecule has 1 atom stereocenters. The topological polar surface area (TPSA) is 84.4 Å². The van der Waals surface area contributed by atoms with E-state index in [2.05, 4.69) is 15.3 Å². The fourth-order valence-electron chi connectivity index (χ4n) is 3.62. The van der Waals surface area contributed by atoms with Gasteiger partial charge in [-0.25, -0.2) is 9.37 Å². The monoisotopic (exact) mass is 470 g/mol. The van der Waals surface area contributed by atoms with Gasteiger partial charge in [-0.15, -0.1) is 0 Å². The summed E-state index contributed by atoms with van der Waals surface area (Å²) in [5.74, 6) is -0.652. The number of halogens is 1. The Bertz CT molecular complexity index is 1270. The number of nitrogens with zero attached hydrogens (tertiary/aromatic N) is 3. The van der Waals surface area contributed by atoms with Crippen LogP contribution in [-0.2, 0) is 11.3 Å². The van der Waals surface area contributed by atoms with E-state index in [9.17, 15) is 14.0 Å². The highest BCUT2D eigenvalue weighted by molar-refractivity contribution is 6.00. The van der Waals surface area contributed by atoms with Gasteiger partial charge in [0.1, 0.15) is 23.3 Å². The van der Waals surface area contributed by atoms with Gasteiger partial charge >= 0.3 is 0 Å². The standard InChI is InChI=1S/C27H23FN4O3/c1-35-23-13-7-19(8-14-23)18-32(27(34)24-17-29-15-16-30-24)25(20-5-3-2-4-6-20)26(33)31-22-11-9-21(28)10-12-22/h2-17,25H,18H2,1H3,(H,31,33)/t25-/m1/s1. The highest BCUT2D eigenvalue weighted by Crippen LogP contribution is 2.27. The van der Waals surface area contributed by atoms with E-state index < -0.39 is 23.7 Å². The van der Waals surface area contributed by atoms with Crippen molar-refractivity contribution in [3.63, 3.8) is 0 Å². The SMILES string of the molecule is COc1ccc(CN(C(=O)c2cnccn2)[C@@H](C(=O)Nc2ccc(F)cc2)c2ccccc2)cc1. The molecule has 1 N–H and O–H groups in total. The Morgan fingerprint density at radius 2 is 1.69 bits per heavy atom. The summed E-state index contributed by atoms with van der Waals surface area (Å²) >= 11 is 0. The summed E-state index contributed by atoms with van der Waals surface area (Å²) in [7, 11) is 1.57. The second-order valence-electron chi connectivity index (χ2n) is 7.68. The van der Waals surface area contributed by atoms with Gasteiger partial charge in [-0.05, 0) is 47.5 Å². The highest BCUT2D eigenvalue weighted by atomic mass is 19.1. The number of aromatic nitrogens is 2.